The largest absolute Gasteiger partial charge is 0.486 e. The van der Waals surface area contributed by atoms with Gasteiger partial charge in [0.1, 0.15) is 11.9 Å². The molecule has 0 radical (unpaired) electrons. The Balaban J connectivity index is 2.14. The third-order valence-electron chi connectivity index (χ3n) is 2.89. The van der Waals surface area contributed by atoms with Gasteiger partial charge in [0, 0.05) is 6.07 Å². The molecule has 19 heavy (non-hydrogen) atoms. The SMILES string of the molecule is Cc1ccc(C(C)Oc2cccc([N+](=O)[O-])c2)cc1. The first kappa shape index (κ1) is 13.1. The number of nitro benzene ring substituents is 1. The number of hydrogen-bond donors (Lipinski definition) is 0. The molecular formula is C15H15NO3. The second kappa shape index (κ2) is 5.52. The molecule has 0 amide bonds. The van der Waals surface area contributed by atoms with Gasteiger partial charge in [-0.2, -0.15) is 0 Å². The van der Waals surface area contributed by atoms with Crippen LogP contribution in [0, 0.1) is 17.0 Å². The van der Waals surface area contributed by atoms with Crippen LogP contribution in [-0.2, 0) is 0 Å². The maximum atomic E-state index is 10.7. The molecule has 2 aromatic carbocycles. The Morgan fingerprint density at radius 1 is 1.16 bits per heavy atom. The molecule has 0 N–H and O–H groups in total. The quantitative estimate of drug-likeness (QED) is 0.613. The molecule has 1 unspecified atom stereocenters. The fourth-order valence-corrected chi connectivity index (χ4v) is 1.78. The predicted octanol–water partition coefficient (Wildman–Crippen LogP) is 4.04. The molecule has 0 aliphatic heterocycles. The van der Waals surface area contributed by atoms with Crippen molar-refractivity contribution in [3.8, 4) is 5.75 Å². The van der Waals surface area contributed by atoms with E-state index in [4.69, 9.17) is 4.74 Å². The molecule has 0 spiro atoms. The number of nitro groups is 1. The normalized spacial score (nSPS) is 11.9. The van der Waals surface area contributed by atoms with Gasteiger partial charge in [0.2, 0.25) is 0 Å². The predicted molar refractivity (Wildman–Crippen MR) is 73.3 cm³/mol. The summed E-state index contributed by atoms with van der Waals surface area (Å²) in [7, 11) is 0. The molecule has 0 bridgehead atoms. The highest BCUT2D eigenvalue weighted by molar-refractivity contribution is 5.38. The van der Waals surface area contributed by atoms with Gasteiger partial charge in [0.15, 0.2) is 0 Å². The Bertz CT molecular complexity index is 578. The van der Waals surface area contributed by atoms with Gasteiger partial charge >= 0.3 is 0 Å². The molecule has 0 saturated heterocycles. The number of nitrogens with zero attached hydrogens (tertiary/aromatic N) is 1. The first-order valence-corrected chi connectivity index (χ1v) is 6.04. The van der Waals surface area contributed by atoms with E-state index in [9.17, 15) is 10.1 Å². The standard InChI is InChI=1S/C15H15NO3/c1-11-6-8-13(9-7-11)12(2)19-15-5-3-4-14(10-15)16(17)18/h3-10,12H,1-2H3. The lowest BCUT2D eigenvalue weighted by Gasteiger charge is -2.15. The summed E-state index contributed by atoms with van der Waals surface area (Å²) in [5.74, 6) is 0.502. The Kier molecular flexibility index (Phi) is 3.80. The summed E-state index contributed by atoms with van der Waals surface area (Å²) in [6.07, 6.45) is -0.150. The van der Waals surface area contributed by atoms with Crippen LogP contribution < -0.4 is 4.74 Å². The first-order valence-electron chi connectivity index (χ1n) is 6.04. The summed E-state index contributed by atoms with van der Waals surface area (Å²) in [5, 5.41) is 10.7. The van der Waals surface area contributed by atoms with Crippen LogP contribution in [0.4, 0.5) is 5.69 Å². The summed E-state index contributed by atoms with van der Waals surface area (Å²) in [6.45, 7) is 3.94. The third kappa shape index (κ3) is 3.31. The van der Waals surface area contributed by atoms with E-state index in [1.807, 2.05) is 38.1 Å². The highest BCUT2D eigenvalue weighted by atomic mass is 16.6. The fraction of sp³-hybridized carbons (Fsp3) is 0.200. The lowest BCUT2D eigenvalue weighted by Crippen LogP contribution is -2.03. The van der Waals surface area contributed by atoms with Crippen LogP contribution in [0.15, 0.2) is 48.5 Å². The second-order valence-electron chi connectivity index (χ2n) is 4.43. The van der Waals surface area contributed by atoms with Crippen molar-refractivity contribution in [1.82, 2.24) is 0 Å². The van der Waals surface area contributed by atoms with E-state index in [0.29, 0.717) is 5.75 Å². The van der Waals surface area contributed by atoms with E-state index in [-0.39, 0.29) is 11.8 Å². The van der Waals surface area contributed by atoms with Crippen LogP contribution in [-0.4, -0.2) is 4.92 Å². The maximum Gasteiger partial charge on any atom is 0.273 e. The molecule has 0 fully saturated rings. The van der Waals surface area contributed by atoms with Crippen molar-refractivity contribution in [2.24, 2.45) is 0 Å². The van der Waals surface area contributed by atoms with E-state index < -0.39 is 4.92 Å². The van der Waals surface area contributed by atoms with Gasteiger partial charge < -0.3 is 4.74 Å². The number of non-ortho nitro benzene ring substituents is 1. The molecular weight excluding hydrogens is 242 g/mol. The number of benzene rings is 2. The lowest BCUT2D eigenvalue weighted by atomic mass is 10.1. The van der Waals surface area contributed by atoms with Crippen molar-refractivity contribution in [3.05, 3.63) is 69.8 Å². The Labute approximate surface area is 111 Å². The number of hydrogen-bond acceptors (Lipinski definition) is 3. The average Bonchev–Trinajstić information content (AvgIpc) is 2.39. The van der Waals surface area contributed by atoms with Gasteiger partial charge in [-0.05, 0) is 25.5 Å². The van der Waals surface area contributed by atoms with Gasteiger partial charge in [-0.3, -0.25) is 10.1 Å². The van der Waals surface area contributed by atoms with Gasteiger partial charge in [-0.15, -0.1) is 0 Å². The second-order valence-corrected chi connectivity index (χ2v) is 4.43. The zero-order valence-corrected chi connectivity index (χ0v) is 10.9. The highest BCUT2D eigenvalue weighted by Crippen LogP contribution is 2.25. The average molecular weight is 257 g/mol. The van der Waals surface area contributed by atoms with Crippen molar-refractivity contribution in [3.63, 3.8) is 0 Å². The molecule has 4 nitrogen and oxygen atoms in total. The fourth-order valence-electron chi connectivity index (χ4n) is 1.78. The van der Waals surface area contributed by atoms with Crippen LogP contribution in [0.2, 0.25) is 0 Å². The molecule has 0 heterocycles. The van der Waals surface area contributed by atoms with Crippen molar-refractivity contribution >= 4 is 5.69 Å². The van der Waals surface area contributed by atoms with Crippen molar-refractivity contribution in [2.45, 2.75) is 20.0 Å². The van der Waals surface area contributed by atoms with E-state index in [0.717, 1.165) is 5.56 Å². The molecule has 2 aromatic rings. The lowest BCUT2D eigenvalue weighted by molar-refractivity contribution is -0.384. The van der Waals surface area contributed by atoms with Gasteiger partial charge in [-0.25, -0.2) is 0 Å². The Morgan fingerprint density at radius 3 is 2.47 bits per heavy atom. The van der Waals surface area contributed by atoms with E-state index in [2.05, 4.69) is 0 Å². The topological polar surface area (TPSA) is 52.4 Å². The van der Waals surface area contributed by atoms with E-state index in [1.165, 1.54) is 17.7 Å². The minimum atomic E-state index is -0.427. The van der Waals surface area contributed by atoms with Gasteiger partial charge in [-0.1, -0.05) is 35.9 Å². The molecule has 0 saturated carbocycles. The van der Waals surface area contributed by atoms with Crippen LogP contribution in [0.25, 0.3) is 0 Å². The smallest absolute Gasteiger partial charge is 0.273 e. The summed E-state index contributed by atoms with van der Waals surface area (Å²) in [5.41, 5.74) is 2.26. The third-order valence-corrected chi connectivity index (χ3v) is 2.89. The first-order chi connectivity index (χ1) is 9.06. The molecule has 98 valence electrons. The van der Waals surface area contributed by atoms with E-state index >= 15 is 0 Å². The minimum Gasteiger partial charge on any atom is -0.486 e. The molecule has 1 atom stereocenters. The zero-order valence-electron chi connectivity index (χ0n) is 10.9. The monoisotopic (exact) mass is 257 g/mol. The number of rotatable bonds is 4. The maximum absolute atomic E-state index is 10.7. The molecule has 4 heteroatoms. The van der Waals surface area contributed by atoms with Gasteiger partial charge in [0.05, 0.1) is 11.0 Å². The Hall–Kier alpha value is -2.36. The summed E-state index contributed by atoms with van der Waals surface area (Å²) in [4.78, 5) is 10.3. The van der Waals surface area contributed by atoms with Crippen LogP contribution >= 0.6 is 0 Å². The minimum absolute atomic E-state index is 0.0357. The molecule has 0 aromatic heterocycles. The number of ether oxygens (including phenoxy) is 1. The Morgan fingerprint density at radius 2 is 1.84 bits per heavy atom. The molecule has 0 aliphatic carbocycles. The van der Waals surface area contributed by atoms with Crippen LogP contribution in [0.1, 0.15) is 24.2 Å². The number of aryl methyl sites for hydroxylation is 1. The summed E-state index contributed by atoms with van der Waals surface area (Å²) in [6, 6.07) is 14.3. The van der Waals surface area contributed by atoms with Crippen LogP contribution in [0.5, 0.6) is 5.75 Å². The van der Waals surface area contributed by atoms with Crippen molar-refractivity contribution in [2.75, 3.05) is 0 Å². The highest BCUT2D eigenvalue weighted by Gasteiger charge is 2.10. The van der Waals surface area contributed by atoms with Crippen molar-refractivity contribution < 1.29 is 9.66 Å². The van der Waals surface area contributed by atoms with Crippen molar-refractivity contribution in [1.29, 1.82) is 0 Å². The molecule has 2 rings (SSSR count). The summed E-state index contributed by atoms with van der Waals surface area (Å²) >= 11 is 0. The zero-order chi connectivity index (χ0) is 13.8. The van der Waals surface area contributed by atoms with Crippen LogP contribution in [0.3, 0.4) is 0 Å². The van der Waals surface area contributed by atoms with Gasteiger partial charge in [0.25, 0.3) is 5.69 Å². The summed E-state index contributed by atoms with van der Waals surface area (Å²) < 4.78 is 5.73. The van der Waals surface area contributed by atoms with E-state index in [1.54, 1.807) is 12.1 Å². The molecule has 0 aliphatic rings.